The molecule has 0 spiro atoms. The molecule has 0 radical (unpaired) electrons. The molecule has 1 aliphatic heterocycles. The number of hydrogen-bond donors (Lipinski definition) is 2. The Kier molecular flexibility index (Phi) is 6.33. The lowest BCUT2D eigenvalue weighted by atomic mass is 9.96. The van der Waals surface area contributed by atoms with Gasteiger partial charge in [-0.2, -0.15) is 0 Å². The molecule has 1 saturated heterocycles. The molecule has 2 aliphatic rings. The maximum absolute atomic E-state index is 12.1. The van der Waals surface area contributed by atoms with Gasteiger partial charge in [-0.05, 0) is 38.0 Å². The van der Waals surface area contributed by atoms with Crippen LogP contribution in [0, 0.1) is 5.92 Å². The second kappa shape index (κ2) is 8.25. The quantitative estimate of drug-likeness (QED) is 0.839. The third-order valence-corrected chi connectivity index (χ3v) is 4.71. The smallest absolute Gasteiger partial charge is 0.315 e. The van der Waals surface area contributed by atoms with Crippen molar-refractivity contribution < 1.29 is 9.59 Å². The summed E-state index contributed by atoms with van der Waals surface area (Å²) < 4.78 is 0. The Labute approximate surface area is 127 Å². The van der Waals surface area contributed by atoms with Crippen molar-refractivity contribution in [2.24, 2.45) is 5.92 Å². The van der Waals surface area contributed by atoms with Crippen LogP contribution in [0.1, 0.15) is 58.3 Å². The molecular weight excluding hydrogens is 266 g/mol. The Hall–Kier alpha value is -1.26. The van der Waals surface area contributed by atoms with E-state index in [0.717, 1.165) is 38.8 Å². The summed E-state index contributed by atoms with van der Waals surface area (Å²) in [4.78, 5) is 25.9. The van der Waals surface area contributed by atoms with Crippen LogP contribution in [-0.2, 0) is 4.79 Å². The molecule has 1 aliphatic carbocycles. The van der Waals surface area contributed by atoms with Gasteiger partial charge in [0.1, 0.15) is 0 Å². The van der Waals surface area contributed by atoms with Crippen LogP contribution >= 0.6 is 0 Å². The number of urea groups is 1. The number of likely N-dealkylation sites (tertiary alicyclic amines) is 1. The van der Waals surface area contributed by atoms with E-state index in [1.807, 2.05) is 4.90 Å². The Morgan fingerprint density at radius 3 is 2.52 bits per heavy atom. The number of amides is 3. The fourth-order valence-corrected chi connectivity index (χ4v) is 3.26. The third-order valence-electron chi connectivity index (χ3n) is 4.71. The van der Waals surface area contributed by atoms with Crippen molar-refractivity contribution in [1.82, 2.24) is 15.5 Å². The van der Waals surface area contributed by atoms with E-state index in [1.165, 1.54) is 25.7 Å². The predicted molar refractivity (Wildman–Crippen MR) is 83.0 cm³/mol. The zero-order valence-electron chi connectivity index (χ0n) is 13.2. The zero-order chi connectivity index (χ0) is 15.1. The van der Waals surface area contributed by atoms with E-state index >= 15 is 0 Å². The number of rotatable bonds is 3. The summed E-state index contributed by atoms with van der Waals surface area (Å²) in [6.45, 7) is 4.01. The minimum Gasteiger partial charge on any atom is -0.341 e. The lowest BCUT2D eigenvalue weighted by Crippen LogP contribution is -2.47. The van der Waals surface area contributed by atoms with Crippen LogP contribution in [0.25, 0.3) is 0 Å². The van der Waals surface area contributed by atoms with Crippen LogP contribution in [0.4, 0.5) is 4.79 Å². The third kappa shape index (κ3) is 5.56. The maximum Gasteiger partial charge on any atom is 0.315 e. The van der Waals surface area contributed by atoms with Crippen molar-refractivity contribution in [3.8, 4) is 0 Å². The van der Waals surface area contributed by atoms with Gasteiger partial charge in [-0.3, -0.25) is 4.79 Å². The molecule has 2 N–H and O–H groups in total. The second-order valence-corrected chi connectivity index (χ2v) is 6.58. The van der Waals surface area contributed by atoms with Gasteiger partial charge in [-0.1, -0.05) is 26.2 Å². The molecule has 1 unspecified atom stereocenters. The van der Waals surface area contributed by atoms with Crippen LogP contribution in [0.2, 0.25) is 0 Å². The first-order chi connectivity index (χ1) is 10.1. The lowest BCUT2D eigenvalue weighted by Gasteiger charge is -2.24. The molecule has 1 atom stereocenters. The summed E-state index contributed by atoms with van der Waals surface area (Å²) in [7, 11) is 0. The SMILES string of the molecule is CC1CCCN(C(=O)CNC(=O)NC2CCCCC2)CC1. The summed E-state index contributed by atoms with van der Waals surface area (Å²) in [5.74, 6) is 0.744. The van der Waals surface area contributed by atoms with Gasteiger partial charge >= 0.3 is 6.03 Å². The fourth-order valence-electron chi connectivity index (χ4n) is 3.26. The molecule has 1 heterocycles. The minimum atomic E-state index is -0.196. The van der Waals surface area contributed by atoms with Gasteiger partial charge in [0.25, 0.3) is 0 Å². The molecule has 0 aromatic rings. The Morgan fingerprint density at radius 2 is 1.76 bits per heavy atom. The highest BCUT2D eigenvalue weighted by Crippen LogP contribution is 2.17. The molecule has 5 heteroatoms. The van der Waals surface area contributed by atoms with Crippen LogP contribution in [0.15, 0.2) is 0 Å². The van der Waals surface area contributed by atoms with Crippen molar-refractivity contribution in [2.75, 3.05) is 19.6 Å². The monoisotopic (exact) mass is 295 g/mol. The van der Waals surface area contributed by atoms with E-state index < -0.39 is 0 Å². The molecule has 2 fully saturated rings. The molecule has 3 amide bonds. The normalized spacial score (nSPS) is 24.2. The minimum absolute atomic E-state index is 0.0443. The average molecular weight is 295 g/mol. The standard InChI is InChI=1S/C16H29N3O2/c1-13-6-5-10-19(11-9-13)15(20)12-17-16(21)18-14-7-3-2-4-8-14/h13-14H,2-12H2,1H3,(H2,17,18,21). The first kappa shape index (κ1) is 16.1. The summed E-state index contributed by atoms with van der Waals surface area (Å²) in [6.07, 6.45) is 9.11. The summed E-state index contributed by atoms with van der Waals surface area (Å²) in [5, 5.41) is 5.69. The van der Waals surface area contributed by atoms with E-state index in [0.29, 0.717) is 5.92 Å². The Bertz CT molecular complexity index is 353. The van der Waals surface area contributed by atoms with Crippen LogP contribution in [0.3, 0.4) is 0 Å². The fraction of sp³-hybridized carbons (Fsp3) is 0.875. The van der Waals surface area contributed by atoms with Crippen molar-refractivity contribution in [1.29, 1.82) is 0 Å². The van der Waals surface area contributed by atoms with Crippen LogP contribution in [-0.4, -0.2) is 42.5 Å². The van der Waals surface area contributed by atoms with Gasteiger partial charge in [-0.15, -0.1) is 0 Å². The molecular formula is C16H29N3O2. The molecule has 0 aromatic heterocycles. The average Bonchev–Trinajstić information content (AvgIpc) is 2.70. The molecule has 21 heavy (non-hydrogen) atoms. The first-order valence-electron chi connectivity index (χ1n) is 8.47. The summed E-state index contributed by atoms with van der Waals surface area (Å²) >= 11 is 0. The topological polar surface area (TPSA) is 61.4 Å². The molecule has 2 rings (SSSR count). The Morgan fingerprint density at radius 1 is 1.00 bits per heavy atom. The largest absolute Gasteiger partial charge is 0.341 e. The second-order valence-electron chi connectivity index (χ2n) is 6.58. The van der Waals surface area contributed by atoms with Crippen LogP contribution in [0.5, 0.6) is 0 Å². The van der Waals surface area contributed by atoms with Gasteiger partial charge in [-0.25, -0.2) is 4.79 Å². The molecule has 120 valence electrons. The predicted octanol–water partition coefficient (Wildman–Crippen LogP) is 2.27. The highest BCUT2D eigenvalue weighted by molar-refractivity contribution is 5.84. The lowest BCUT2D eigenvalue weighted by molar-refractivity contribution is -0.130. The van der Waals surface area contributed by atoms with Crippen molar-refractivity contribution in [3.05, 3.63) is 0 Å². The molecule has 1 saturated carbocycles. The number of carbonyl (C=O) groups excluding carboxylic acids is 2. The van der Waals surface area contributed by atoms with E-state index in [2.05, 4.69) is 17.6 Å². The molecule has 5 nitrogen and oxygen atoms in total. The molecule has 0 aromatic carbocycles. The van der Waals surface area contributed by atoms with Gasteiger partial charge in [0, 0.05) is 19.1 Å². The zero-order valence-corrected chi connectivity index (χ0v) is 13.2. The van der Waals surface area contributed by atoms with Gasteiger partial charge in [0.05, 0.1) is 6.54 Å². The van der Waals surface area contributed by atoms with Gasteiger partial charge in [0.15, 0.2) is 0 Å². The summed E-state index contributed by atoms with van der Waals surface area (Å²) in [5.41, 5.74) is 0. The van der Waals surface area contributed by atoms with Crippen LogP contribution < -0.4 is 10.6 Å². The van der Waals surface area contributed by atoms with Crippen molar-refractivity contribution in [3.63, 3.8) is 0 Å². The molecule has 0 bridgehead atoms. The van der Waals surface area contributed by atoms with E-state index in [1.54, 1.807) is 0 Å². The number of carbonyl (C=O) groups is 2. The first-order valence-corrected chi connectivity index (χ1v) is 8.47. The number of nitrogens with one attached hydrogen (secondary N) is 2. The number of nitrogens with zero attached hydrogens (tertiary/aromatic N) is 1. The highest BCUT2D eigenvalue weighted by atomic mass is 16.2. The Balaban J connectivity index is 1.66. The van der Waals surface area contributed by atoms with Gasteiger partial charge in [0.2, 0.25) is 5.91 Å². The van der Waals surface area contributed by atoms with E-state index in [9.17, 15) is 9.59 Å². The van der Waals surface area contributed by atoms with E-state index in [4.69, 9.17) is 0 Å². The summed E-state index contributed by atoms with van der Waals surface area (Å²) in [6, 6.07) is 0.0892. The van der Waals surface area contributed by atoms with Crippen molar-refractivity contribution in [2.45, 2.75) is 64.3 Å². The van der Waals surface area contributed by atoms with Crippen molar-refractivity contribution >= 4 is 11.9 Å². The highest BCUT2D eigenvalue weighted by Gasteiger charge is 2.20. The number of hydrogen-bond acceptors (Lipinski definition) is 2. The van der Waals surface area contributed by atoms with Gasteiger partial charge < -0.3 is 15.5 Å². The maximum atomic E-state index is 12.1. The van der Waals surface area contributed by atoms with E-state index in [-0.39, 0.29) is 24.5 Å².